The summed E-state index contributed by atoms with van der Waals surface area (Å²) < 4.78 is 25.5. The van der Waals surface area contributed by atoms with Gasteiger partial charge in [-0.25, -0.2) is 12.7 Å². The van der Waals surface area contributed by atoms with Crippen LogP contribution in [0, 0.1) is 0 Å². The monoisotopic (exact) mass is 299 g/mol. The van der Waals surface area contributed by atoms with Crippen LogP contribution in [-0.4, -0.2) is 32.4 Å². The Morgan fingerprint density at radius 3 is 2.40 bits per heavy atom. The summed E-state index contributed by atoms with van der Waals surface area (Å²) in [6.07, 6.45) is 2.01. The van der Waals surface area contributed by atoms with Crippen LogP contribution in [0.3, 0.4) is 0 Å². The summed E-state index contributed by atoms with van der Waals surface area (Å²) in [5, 5.41) is 3.33. The Labute approximate surface area is 122 Å². The predicted octanol–water partition coefficient (Wildman–Crippen LogP) is 2.51. The van der Waals surface area contributed by atoms with Crippen molar-refractivity contribution in [2.75, 3.05) is 25.1 Å². The molecule has 0 aliphatic heterocycles. The molecule has 0 fully saturated rings. The van der Waals surface area contributed by atoms with E-state index in [1.165, 1.54) is 24.5 Å². The average Bonchev–Trinajstić information content (AvgIpc) is 2.31. The molecule has 0 spiro atoms. The van der Waals surface area contributed by atoms with Gasteiger partial charge in [0.05, 0.1) is 16.3 Å². The quantitative estimate of drug-likeness (QED) is 0.791. The second-order valence-electron chi connectivity index (χ2n) is 5.80. The highest BCUT2D eigenvalue weighted by atomic mass is 32.2. The minimum absolute atomic E-state index is 0.136. The molecule has 3 N–H and O–H groups in total. The van der Waals surface area contributed by atoms with Crippen LogP contribution in [0.2, 0.25) is 0 Å². The lowest BCUT2D eigenvalue weighted by Gasteiger charge is -2.28. The molecule has 20 heavy (non-hydrogen) atoms. The first-order chi connectivity index (χ1) is 9.10. The van der Waals surface area contributed by atoms with Crippen molar-refractivity contribution in [1.29, 1.82) is 0 Å². The maximum absolute atomic E-state index is 12.1. The van der Waals surface area contributed by atoms with Crippen LogP contribution in [0.4, 0.5) is 11.4 Å². The molecule has 114 valence electrons. The molecule has 1 aromatic rings. The topological polar surface area (TPSA) is 75.4 Å². The van der Waals surface area contributed by atoms with Crippen LogP contribution in [0.1, 0.15) is 33.6 Å². The molecule has 0 saturated carbocycles. The van der Waals surface area contributed by atoms with Gasteiger partial charge >= 0.3 is 0 Å². The van der Waals surface area contributed by atoms with Gasteiger partial charge in [-0.1, -0.05) is 13.3 Å². The summed E-state index contributed by atoms with van der Waals surface area (Å²) in [5.41, 5.74) is 7.01. The molecule has 1 aromatic carbocycles. The third-order valence-corrected chi connectivity index (χ3v) is 4.96. The molecule has 6 heteroatoms. The van der Waals surface area contributed by atoms with Crippen molar-refractivity contribution in [3.05, 3.63) is 18.2 Å². The number of benzene rings is 1. The Morgan fingerprint density at radius 1 is 1.30 bits per heavy atom. The van der Waals surface area contributed by atoms with Crippen molar-refractivity contribution in [3.8, 4) is 0 Å². The molecule has 0 unspecified atom stereocenters. The van der Waals surface area contributed by atoms with E-state index in [0.29, 0.717) is 11.4 Å². The molecule has 0 saturated heterocycles. The number of nitrogens with two attached hydrogens (primary N) is 1. The Morgan fingerprint density at radius 2 is 1.90 bits per heavy atom. The molecule has 0 aromatic heterocycles. The van der Waals surface area contributed by atoms with Crippen LogP contribution < -0.4 is 11.1 Å². The number of rotatable bonds is 6. The zero-order valence-corrected chi connectivity index (χ0v) is 13.7. The van der Waals surface area contributed by atoms with Crippen molar-refractivity contribution < 1.29 is 8.42 Å². The third-order valence-electron chi connectivity index (χ3n) is 3.15. The molecule has 0 heterocycles. The van der Waals surface area contributed by atoms with E-state index in [0.717, 1.165) is 12.8 Å². The maximum atomic E-state index is 12.1. The first-order valence-corrected chi connectivity index (χ1v) is 8.14. The highest BCUT2D eigenvalue weighted by molar-refractivity contribution is 7.89. The van der Waals surface area contributed by atoms with Gasteiger partial charge in [0, 0.05) is 19.6 Å². The van der Waals surface area contributed by atoms with E-state index in [-0.39, 0.29) is 10.4 Å². The van der Waals surface area contributed by atoms with Gasteiger partial charge in [-0.05, 0) is 38.5 Å². The predicted molar refractivity (Wildman–Crippen MR) is 84.3 cm³/mol. The van der Waals surface area contributed by atoms with Gasteiger partial charge in [-0.15, -0.1) is 0 Å². The van der Waals surface area contributed by atoms with Crippen LogP contribution >= 0.6 is 0 Å². The highest BCUT2D eigenvalue weighted by Gasteiger charge is 2.21. The molecule has 0 radical (unpaired) electrons. The number of nitrogens with one attached hydrogen (secondary N) is 1. The van der Waals surface area contributed by atoms with Crippen molar-refractivity contribution in [3.63, 3.8) is 0 Å². The second kappa shape index (κ2) is 6.01. The smallest absolute Gasteiger partial charge is 0.242 e. The van der Waals surface area contributed by atoms with Gasteiger partial charge in [0.1, 0.15) is 0 Å². The lowest BCUT2D eigenvalue weighted by Crippen LogP contribution is -2.31. The Bertz CT molecular complexity index is 566. The fourth-order valence-corrected chi connectivity index (χ4v) is 3.00. The van der Waals surface area contributed by atoms with Crippen LogP contribution in [-0.2, 0) is 10.0 Å². The standard InChI is InChI=1S/C14H25N3O2S/c1-6-9-14(2,3)16-13-10-11(7-8-12(13)15)20(18,19)17(4)5/h7-8,10,16H,6,9,15H2,1-5H3. The molecular weight excluding hydrogens is 274 g/mol. The van der Waals surface area contributed by atoms with Gasteiger partial charge in [0.2, 0.25) is 10.0 Å². The number of nitrogen functional groups attached to an aromatic ring is 1. The average molecular weight is 299 g/mol. The molecule has 1 rings (SSSR count). The van der Waals surface area contributed by atoms with Gasteiger partial charge in [-0.2, -0.15) is 0 Å². The number of anilines is 2. The van der Waals surface area contributed by atoms with Crippen molar-refractivity contribution >= 4 is 21.4 Å². The normalized spacial score (nSPS) is 12.7. The molecule has 0 bridgehead atoms. The van der Waals surface area contributed by atoms with Gasteiger partial charge in [-0.3, -0.25) is 0 Å². The lowest BCUT2D eigenvalue weighted by atomic mass is 9.98. The summed E-state index contributed by atoms with van der Waals surface area (Å²) in [7, 11) is -0.419. The minimum atomic E-state index is -3.45. The van der Waals surface area contributed by atoms with E-state index in [9.17, 15) is 8.42 Å². The van der Waals surface area contributed by atoms with E-state index in [4.69, 9.17) is 5.73 Å². The van der Waals surface area contributed by atoms with Crippen molar-refractivity contribution in [2.45, 2.75) is 44.0 Å². The first kappa shape index (κ1) is 16.8. The largest absolute Gasteiger partial charge is 0.397 e. The van der Waals surface area contributed by atoms with Crippen LogP contribution in [0.5, 0.6) is 0 Å². The van der Waals surface area contributed by atoms with E-state index < -0.39 is 10.0 Å². The van der Waals surface area contributed by atoms with Gasteiger partial charge < -0.3 is 11.1 Å². The first-order valence-electron chi connectivity index (χ1n) is 6.70. The van der Waals surface area contributed by atoms with Gasteiger partial charge in [0.15, 0.2) is 0 Å². The molecule has 0 atom stereocenters. The molecule has 5 nitrogen and oxygen atoms in total. The summed E-state index contributed by atoms with van der Waals surface area (Å²) in [6, 6.07) is 4.76. The summed E-state index contributed by atoms with van der Waals surface area (Å²) in [6.45, 7) is 6.26. The van der Waals surface area contributed by atoms with Crippen LogP contribution in [0.15, 0.2) is 23.1 Å². The number of hydrogen-bond acceptors (Lipinski definition) is 4. The highest BCUT2D eigenvalue weighted by Crippen LogP contribution is 2.28. The third kappa shape index (κ3) is 3.86. The summed E-state index contributed by atoms with van der Waals surface area (Å²) in [4.78, 5) is 0.242. The number of sulfonamides is 1. The molecule has 0 aliphatic rings. The molecule has 0 amide bonds. The van der Waals surface area contributed by atoms with E-state index in [1.807, 2.05) is 0 Å². The Hall–Kier alpha value is -1.27. The van der Waals surface area contributed by atoms with E-state index in [1.54, 1.807) is 12.1 Å². The van der Waals surface area contributed by atoms with Crippen molar-refractivity contribution in [2.24, 2.45) is 0 Å². The summed E-state index contributed by atoms with van der Waals surface area (Å²) in [5.74, 6) is 0. The maximum Gasteiger partial charge on any atom is 0.242 e. The van der Waals surface area contributed by atoms with E-state index >= 15 is 0 Å². The van der Waals surface area contributed by atoms with Gasteiger partial charge in [0.25, 0.3) is 0 Å². The number of hydrogen-bond donors (Lipinski definition) is 2. The molecular formula is C14H25N3O2S. The molecule has 0 aliphatic carbocycles. The minimum Gasteiger partial charge on any atom is -0.397 e. The zero-order chi connectivity index (χ0) is 15.6. The number of nitrogens with zero attached hydrogens (tertiary/aromatic N) is 1. The van der Waals surface area contributed by atoms with E-state index in [2.05, 4.69) is 26.1 Å². The van der Waals surface area contributed by atoms with Crippen LogP contribution in [0.25, 0.3) is 0 Å². The second-order valence-corrected chi connectivity index (χ2v) is 7.95. The summed E-state index contributed by atoms with van der Waals surface area (Å²) >= 11 is 0. The SMILES string of the molecule is CCCC(C)(C)Nc1cc(S(=O)(=O)N(C)C)ccc1N. The lowest BCUT2D eigenvalue weighted by molar-refractivity contribution is 0.510. The Kier molecular flexibility index (Phi) is 5.05. The zero-order valence-electron chi connectivity index (χ0n) is 12.9. The Balaban J connectivity index is 3.17. The van der Waals surface area contributed by atoms with Crippen molar-refractivity contribution in [1.82, 2.24) is 4.31 Å². The fourth-order valence-electron chi connectivity index (χ4n) is 2.07. The fraction of sp³-hybridized carbons (Fsp3) is 0.571.